The lowest BCUT2D eigenvalue weighted by Crippen LogP contribution is -2.10. The van der Waals surface area contributed by atoms with Crippen LogP contribution in [0.25, 0.3) is 0 Å². The van der Waals surface area contributed by atoms with Crippen LogP contribution in [0.2, 0.25) is 0 Å². The maximum Gasteiger partial charge on any atom is 0.0595 e. The van der Waals surface area contributed by atoms with E-state index in [0.717, 1.165) is 16.3 Å². The standard InChI is InChI=1S/C9H15N3S/c1-11-13-7-4-5-9(12(2)3)8(10)6-7/h4-6,11H,10H2,1-3H3. The highest BCUT2D eigenvalue weighted by atomic mass is 32.2. The maximum absolute atomic E-state index is 5.87. The van der Waals surface area contributed by atoms with E-state index in [9.17, 15) is 0 Å². The molecule has 0 aliphatic carbocycles. The topological polar surface area (TPSA) is 41.3 Å². The molecular formula is C9H15N3S. The molecular weight excluding hydrogens is 182 g/mol. The molecule has 0 fully saturated rings. The van der Waals surface area contributed by atoms with E-state index in [-0.39, 0.29) is 0 Å². The van der Waals surface area contributed by atoms with Crippen molar-refractivity contribution in [1.29, 1.82) is 0 Å². The zero-order valence-corrected chi connectivity index (χ0v) is 8.98. The Bertz CT molecular complexity index is 286. The van der Waals surface area contributed by atoms with Crippen LogP contribution in [0.1, 0.15) is 0 Å². The Morgan fingerprint density at radius 1 is 1.38 bits per heavy atom. The van der Waals surface area contributed by atoms with Crippen LogP contribution in [-0.4, -0.2) is 21.1 Å². The minimum atomic E-state index is 0.810. The first-order valence-corrected chi connectivity index (χ1v) is 4.87. The fraction of sp³-hybridized carbons (Fsp3) is 0.333. The van der Waals surface area contributed by atoms with Crippen molar-refractivity contribution in [3.05, 3.63) is 18.2 Å². The number of nitrogen functional groups attached to an aromatic ring is 1. The van der Waals surface area contributed by atoms with Gasteiger partial charge in [-0.15, -0.1) is 0 Å². The number of hydrogen-bond donors (Lipinski definition) is 2. The van der Waals surface area contributed by atoms with E-state index < -0.39 is 0 Å². The summed E-state index contributed by atoms with van der Waals surface area (Å²) in [6.07, 6.45) is 0. The zero-order chi connectivity index (χ0) is 9.84. The number of benzene rings is 1. The van der Waals surface area contributed by atoms with Gasteiger partial charge in [-0.1, -0.05) is 0 Å². The predicted octanol–water partition coefficient (Wildman–Crippen LogP) is 1.56. The van der Waals surface area contributed by atoms with E-state index in [1.807, 2.05) is 44.2 Å². The molecule has 0 saturated carbocycles. The van der Waals surface area contributed by atoms with Crippen LogP contribution in [0.15, 0.2) is 23.1 Å². The monoisotopic (exact) mass is 197 g/mol. The summed E-state index contributed by atoms with van der Waals surface area (Å²) in [5.41, 5.74) is 7.74. The highest BCUT2D eigenvalue weighted by Crippen LogP contribution is 2.26. The molecule has 0 amide bonds. The average Bonchev–Trinajstić information content (AvgIpc) is 2.04. The van der Waals surface area contributed by atoms with Gasteiger partial charge < -0.3 is 10.6 Å². The Balaban J connectivity index is 2.92. The van der Waals surface area contributed by atoms with Crippen molar-refractivity contribution in [3.8, 4) is 0 Å². The maximum atomic E-state index is 5.87. The average molecular weight is 197 g/mol. The number of rotatable bonds is 3. The van der Waals surface area contributed by atoms with Crippen molar-refractivity contribution >= 4 is 23.3 Å². The lowest BCUT2D eigenvalue weighted by Gasteiger charge is -2.15. The van der Waals surface area contributed by atoms with E-state index >= 15 is 0 Å². The fourth-order valence-corrected chi connectivity index (χ4v) is 1.68. The summed E-state index contributed by atoms with van der Waals surface area (Å²) < 4.78 is 3.01. The molecule has 1 aromatic rings. The lowest BCUT2D eigenvalue weighted by molar-refractivity contribution is 1.13. The molecule has 4 heteroatoms. The number of hydrogen-bond acceptors (Lipinski definition) is 4. The summed E-state index contributed by atoms with van der Waals surface area (Å²) >= 11 is 1.56. The van der Waals surface area contributed by atoms with Crippen molar-refractivity contribution in [3.63, 3.8) is 0 Å². The number of anilines is 2. The second-order valence-electron chi connectivity index (χ2n) is 2.92. The molecule has 0 aliphatic rings. The normalized spacial score (nSPS) is 10.1. The largest absolute Gasteiger partial charge is 0.397 e. The van der Waals surface area contributed by atoms with Crippen LogP contribution in [0.5, 0.6) is 0 Å². The third-order valence-corrected chi connectivity index (χ3v) is 2.39. The lowest BCUT2D eigenvalue weighted by atomic mass is 10.2. The van der Waals surface area contributed by atoms with Crippen LogP contribution in [0.3, 0.4) is 0 Å². The molecule has 0 unspecified atom stereocenters. The van der Waals surface area contributed by atoms with Crippen molar-refractivity contribution in [1.82, 2.24) is 4.72 Å². The van der Waals surface area contributed by atoms with Crippen molar-refractivity contribution in [2.24, 2.45) is 0 Å². The molecule has 0 spiro atoms. The molecule has 0 atom stereocenters. The van der Waals surface area contributed by atoms with Gasteiger partial charge in [-0.25, -0.2) is 0 Å². The molecule has 0 aliphatic heterocycles. The van der Waals surface area contributed by atoms with Crippen LogP contribution >= 0.6 is 11.9 Å². The molecule has 0 radical (unpaired) electrons. The van der Waals surface area contributed by atoms with Crippen molar-refractivity contribution in [2.45, 2.75) is 4.90 Å². The van der Waals surface area contributed by atoms with E-state index in [1.165, 1.54) is 0 Å². The number of nitrogens with zero attached hydrogens (tertiary/aromatic N) is 1. The molecule has 3 nitrogen and oxygen atoms in total. The van der Waals surface area contributed by atoms with Gasteiger partial charge in [-0.05, 0) is 37.2 Å². The molecule has 1 rings (SSSR count). The molecule has 0 aromatic heterocycles. The van der Waals surface area contributed by atoms with Crippen molar-refractivity contribution in [2.75, 3.05) is 31.8 Å². The van der Waals surface area contributed by atoms with Crippen molar-refractivity contribution < 1.29 is 0 Å². The van der Waals surface area contributed by atoms with Crippen LogP contribution < -0.4 is 15.4 Å². The minimum Gasteiger partial charge on any atom is -0.397 e. The van der Waals surface area contributed by atoms with Gasteiger partial charge >= 0.3 is 0 Å². The molecule has 72 valence electrons. The Labute approximate surface area is 83.4 Å². The zero-order valence-electron chi connectivity index (χ0n) is 8.16. The van der Waals surface area contributed by atoms with E-state index in [4.69, 9.17) is 5.73 Å². The van der Waals surface area contributed by atoms with E-state index in [1.54, 1.807) is 11.9 Å². The van der Waals surface area contributed by atoms with Crippen LogP contribution in [-0.2, 0) is 0 Å². The second-order valence-corrected chi connectivity index (χ2v) is 4.01. The third-order valence-electron chi connectivity index (χ3n) is 1.70. The quantitative estimate of drug-likeness (QED) is 0.570. The Morgan fingerprint density at radius 3 is 2.54 bits per heavy atom. The minimum absolute atomic E-state index is 0.810. The Hall–Kier alpha value is -0.870. The van der Waals surface area contributed by atoms with Gasteiger partial charge in [0.05, 0.1) is 11.4 Å². The van der Waals surface area contributed by atoms with E-state index in [2.05, 4.69) is 4.72 Å². The van der Waals surface area contributed by atoms with Gasteiger partial charge in [0.25, 0.3) is 0 Å². The summed E-state index contributed by atoms with van der Waals surface area (Å²) in [6, 6.07) is 6.04. The summed E-state index contributed by atoms with van der Waals surface area (Å²) in [6.45, 7) is 0. The molecule has 1 aromatic carbocycles. The van der Waals surface area contributed by atoms with Gasteiger partial charge in [0, 0.05) is 19.0 Å². The van der Waals surface area contributed by atoms with Crippen LogP contribution in [0.4, 0.5) is 11.4 Å². The fourth-order valence-electron chi connectivity index (χ4n) is 1.12. The smallest absolute Gasteiger partial charge is 0.0595 e. The third kappa shape index (κ3) is 2.54. The summed E-state index contributed by atoms with van der Waals surface area (Å²) in [4.78, 5) is 3.13. The van der Waals surface area contributed by atoms with E-state index in [0.29, 0.717) is 0 Å². The first-order valence-electron chi connectivity index (χ1n) is 4.05. The first kappa shape index (κ1) is 10.2. The van der Waals surface area contributed by atoms with Gasteiger partial charge in [-0.2, -0.15) is 0 Å². The molecule has 0 heterocycles. The highest BCUT2D eigenvalue weighted by molar-refractivity contribution is 7.97. The number of nitrogens with one attached hydrogen (secondary N) is 1. The van der Waals surface area contributed by atoms with Gasteiger partial charge in [-0.3, -0.25) is 4.72 Å². The van der Waals surface area contributed by atoms with Gasteiger partial charge in [0.1, 0.15) is 0 Å². The van der Waals surface area contributed by atoms with Crippen LogP contribution in [0, 0.1) is 0 Å². The summed E-state index contributed by atoms with van der Waals surface area (Å²) in [5, 5.41) is 0. The highest BCUT2D eigenvalue weighted by Gasteiger charge is 2.01. The SMILES string of the molecule is CNSc1ccc(N(C)C)c(N)c1. The molecule has 3 N–H and O–H groups in total. The summed E-state index contributed by atoms with van der Waals surface area (Å²) in [7, 11) is 5.86. The predicted molar refractivity (Wildman–Crippen MR) is 60.1 cm³/mol. The molecule has 0 saturated heterocycles. The Kier molecular flexibility index (Phi) is 3.45. The number of nitrogens with two attached hydrogens (primary N) is 1. The first-order chi connectivity index (χ1) is 6.15. The van der Waals surface area contributed by atoms with Gasteiger partial charge in [0.2, 0.25) is 0 Å². The second kappa shape index (κ2) is 4.39. The molecule has 0 bridgehead atoms. The molecule has 13 heavy (non-hydrogen) atoms. The summed E-state index contributed by atoms with van der Waals surface area (Å²) in [5.74, 6) is 0. The Morgan fingerprint density at radius 2 is 2.08 bits per heavy atom. The van der Waals surface area contributed by atoms with Gasteiger partial charge in [0.15, 0.2) is 0 Å².